The van der Waals surface area contributed by atoms with E-state index in [1.54, 1.807) is 36.5 Å². The molecule has 96 valence electrons. The smallest absolute Gasteiger partial charge is 0.267 e. The number of rotatable bonds is 3. The number of hydrogen-bond donors (Lipinski definition) is 1. The monoisotopic (exact) mass is 293 g/mol. The fourth-order valence-electron chi connectivity index (χ4n) is 1.32. The van der Waals surface area contributed by atoms with Crippen LogP contribution in [0.15, 0.2) is 47.8 Å². The fraction of sp³-hybridized carbons (Fsp3) is 0. The average Bonchev–Trinajstić information content (AvgIpc) is 2.43. The van der Waals surface area contributed by atoms with Crippen molar-refractivity contribution in [3.05, 3.63) is 63.9 Å². The Morgan fingerprint density at radius 2 is 2.11 bits per heavy atom. The maximum Gasteiger partial charge on any atom is 0.272 e. The fourth-order valence-corrected chi connectivity index (χ4v) is 1.63. The highest BCUT2D eigenvalue weighted by molar-refractivity contribution is 6.42. The van der Waals surface area contributed by atoms with Crippen molar-refractivity contribution in [1.29, 1.82) is 0 Å². The van der Waals surface area contributed by atoms with E-state index in [0.717, 1.165) is 5.56 Å². The third-order valence-electron chi connectivity index (χ3n) is 2.25. The van der Waals surface area contributed by atoms with Gasteiger partial charge in [-0.15, -0.1) is 0 Å². The van der Waals surface area contributed by atoms with E-state index in [2.05, 4.69) is 15.5 Å². The summed E-state index contributed by atoms with van der Waals surface area (Å²) in [6, 6.07) is 8.39. The first kappa shape index (κ1) is 13.5. The quantitative estimate of drug-likeness (QED) is 0.698. The first-order valence-electron chi connectivity index (χ1n) is 5.35. The van der Waals surface area contributed by atoms with Gasteiger partial charge in [0, 0.05) is 12.4 Å². The standard InChI is InChI=1S/C13H9Cl2N3O/c14-11-4-3-9(6-12(11)15)7-17-18-13(19)10-2-1-5-16-8-10/h1-8H,(H,18,19)/b17-7-. The highest BCUT2D eigenvalue weighted by Crippen LogP contribution is 2.21. The number of hydrogen-bond acceptors (Lipinski definition) is 3. The molecule has 0 saturated heterocycles. The van der Waals surface area contributed by atoms with Crippen LogP contribution in [0.2, 0.25) is 10.0 Å². The van der Waals surface area contributed by atoms with Crippen LogP contribution in [0.25, 0.3) is 0 Å². The molecule has 0 aliphatic carbocycles. The molecule has 0 spiro atoms. The number of pyridine rings is 1. The van der Waals surface area contributed by atoms with Crippen LogP contribution in [0.1, 0.15) is 15.9 Å². The predicted molar refractivity (Wildman–Crippen MR) is 75.8 cm³/mol. The highest BCUT2D eigenvalue weighted by Gasteiger charge is 2.02. The number of nitrogens with zero attached hydrogens (tertiary/aromatic N) is 2. The van der Waals surface area contributed by atoms with E-state index < -0.39 is 0 Å². The molecule has 1 aromatic heterocycles. The summed E-state index contributed by atoms with van der Waals surface area (Å²) >= 11 is 11.7. The zero-order valence-corrected chi connectivity index (χ0v) is 11.2. The number of carbonyl (C=O) groups is 1. The highest BCUT2D eigenvalue weighted by atomic mass is 35.5. The van der Waals surface area contributed by atoms with Crippen molar-refractivity contribution in [1.82, 2.24) is 10.4 Å². The van der Waals surface area contributed by atoms with Gasteiger partial charge in [-0.3, -0.25) is 9.78 Å². The van der Waals surface area contributed by atoms with E-state index >= 15 is 0 Å². The van der Waals surface area contributed by atoms with Crippen molar-refractivity contribution in [2.75, 3.05) is 0 Å². The molecule has 1 N–H and O–H groups in total. The molecule has 0 fully saturated rings. The summed E-state index contributed by atoms with van der Waals surface area (Å²) in [7, 11) is 0. The molecule has 0 unspecified atom stereocenters. The maximum atomic E-state index is 11.6. The molecule has 0 radical (unpaired) electrons. The molecule has 6 heteroatoms. The SMILES string of the molecule is O=C(N/N=C\c1ccc(Cl)c(Cl)c1)c1cccnc1. The van der Waals surface area contributed by atoms with Crippen molar-refractivity contribution < 1.29 is 4.79 Å². The van der Waals surface area contributed by atoms with E-state index in [1.165, 1.54) is 12.4 Å². The molecule has 0 aliphatic heterocycles. The molecular formula is C13H9Cl2N3O. The molecule has 0 saturated carbocycles. The van der Waals surface area contributed by atoms with Gasteiger partial charge < -0.3 is 0 Å². The van der Waals surface area contributed by atoms with Gasteiger partial charge in [0.05, 0.1) is 21.8 Å². The van der Waals surface area contributed by atoms with Crippen LogP contribution in [0.5, 0.6) is 0 Å². The zero-order chi connectivity index (χ0) is 13.7. The van der Waals surface area contributed by atoms with E-state index in [-0.39, 0.29) is 5.91 Å². The van der Waals surface area contributed by atoms with Crippen LogP contribution in [0, 0.1) is 0 Å². The summed E-state index contributed by atoms with van der Waals surface area (Å²) in [5.74, 6) is -0.329. The van der Waals surface area contributed by atoms with Gasteiger partial charge in [-0.25, -0.2) is 5.43 Å². The lowest BCUT2D eigenvalue weighted by atomic mass is 10.2. The first-order valence-corrected chi connectivity index (χ1v) is 6.11. The van der Waals surface area contributed by atoms with Crippen molar-refractivity contribution >= 4 is 35.3 Å². The third-order valence-corrected chi connectivity index (χ3v) is 2.99. The summed E-state index contributed by atoms with van der Waals surface area (Å²) in [5.41, 5.74) is 3.57. The molecule has 0 bridgehead atoms. The molecule has 2 aromatic rings. The van der Waals surface area contributed by atoms with Gasteiger partial charge in [-0.2, -0.15) is 5.10 Å². The lowest BCUT2D eigenvalue weighted by molar-refractivity contribution is 0.0955. The minimum absolute atomic E-state index is 0.329. The number of nitrogens with one attached hydrogen (secondary N) is 1. The molecule has 1 heterocycles. The Kier molecular flexibility index (Phi) is 4.49. The Morgan fingerprint density at radius 1 is 1.26 bits per heavy atom. The van der Waals surface area contributed by atoms with Crippen LogP contribution in [0.3, 0.4) is 0 Å². The van der Waals surface area contributed by atoms with Gasteiger partial charge in [0.25, 0.3) is 5.91 Å². The average molecular weight is 294 g/mol. The number of carbonyl (C=O) groups excluding carboxylic acids is 1. The predicted octanol–water partition coefficient (Wildman–Crippen LogP) is 3.15. The van der Waals surface area contributed by atoms with Crippen molar-refractivity contribution in [2.45, 2.75) is 0 Å². The van der Waals surface area contributed by atoms with Crippen molar-refractivity contribution in [3.8, 4) is 0 Å². The minimum atomic E-state index is -0.329. The molecule has 19 heavy (non-hydrogen) atoms. The number of hydrazone groups is 1. The normalized spacial score (nSPS) is 10.6. The summed E-state index contributed by atoms with van der Waals surface area (Å²) in [6.45, 7) is 0. The van der Waals surface area contributed by atoms with Crippen LogP contribution >= 0.6 is 23.2 Å². The minimum Gasteiger partial charge on any atom is -0.267 e. The first-order chi connectivity index (χ1) is 9.16. The second-order valence-corrected chi connectivity index (χ2v) is 4.43. The number of aromatic nitrogens is 1. The van der Waals surface area contributed by atoms with Gasteiger partial charge >= 0.3 is 0 Å². The van der Waals surface area contributed by atoms with Crippen molar-refractivity contribution in [2.24, 2.45) is 5.10 Å². The molecule has 1 amide bonds. The van der Waals surface area contributed by atoms with Crippen LogP contribution in [-0.4, -0.2) is 17.1 Å². The van der Waals surface area contributed by atoms with Crippen LogP contribution in [0.4, 0.5) is 0 Å². The Balaban J connectivity index is 2.00. The number of halogens is 2. The summed E-state index contributed by atoms with van der Waals surface area (Å²) < 4.78 is 0. The number of benzene rings is 1. The van der Waals surface area contributed by atoms with E-state index in [1.807, 2.05) is 0 Å². The Labute approximate surface area is 120 Å². The third kappa shape index (κ3) is 3.77. The van der Waals surface area contributed by atoms with E-state index in [4.69, 9.17) is 23.2 Å². The van der Waals surface area contributed by atoms with Gasteiger partial charge in [0.1, 0.15) is 0 Å². The van der Waals surface area contributed by atoms with Gasteiger partial charge in [-0.05, 0) is 29.8 Å². The molecule has 2 rings (SSSR count). The Bertz CT molecular complexity index is 615. The van der Waals surface area contributed by atoms with E-state index in [0.29, 0.717) is 15.6 Å². The lowest BCUT2D eigenvalue weighted by Gasteiger charge is -1.99. The second kappa shape index (κ2) is 6.31. The molecule has 4 nitrogen and oxygen atoms in total. The topological polar surface area (TPSA) is 54.4 Å². The van der Waals surface area contributed by atoms with Gasteiger partial charge in [-0.1, -0.05) is 29.3 Å². The summed E-state index contributed by atoms with van der Waals surface area (Å²) in [6.07, 6.45) is 4.54. The largest absolute Gasteiger partial charge is 0.272 e. The molecule has 0 atom stereocenters. The summed E-state index contributed by atoms with van der Waals surface area (Å²) in [5, 5.41) is 4.74. The van der Waals surface area contributed by atoms with Gasteiger partial charge in [0.2, 0.25) is 0 Å². The maximum absolute atomic E-state index is 11.6. The Hall–Kier alpha value is -1.91. The second-order valence-electron chi connectivity index (χ2n) is 3.61. The molecule has 0 aliphatic rings. The van der Waals surface area contributed by atoms with Crippen molar-refractivity contribution in [3.63, 3.8) is 0 Å². The Morgan fingerprint density at radius 3 is 2.79 bits per heavy atom. The van der Waals surface area contributed by atoms with Crippen LogP contribution < -0.4 is 5.43 Å². The zero-order valence-electron chi connectivity index (χ0n) is 9.68. The molecular weight excluding hydrogens is 285 g/mol. The van der Waals surface area contributed by atoms with Crippen LogP contribution in [-0.2, 0) is 0 Å². The lowest BCUT2D eigenvalue weighted by Crippen LogP contribution is -2.17. The molecule has 1 aromatic carbocycles. The summed E-state index contributed by atoms with van der Waals surface area (Å²) in [4.78, 5) is 15.5. The van der Waals surface area contributed by atoms with E-state index in [9.17, 15) is 4.79 Å². The van der Waals surface area contributed by atoms with Gasteiger partial charge in [0.15, 0.2) is 0 Å². The number of amides is 1.